The van der Waals surface area contributed by atoms with Crippen LogP contribution in [-0.2, 0) is 11.3 Å². The van der Waals surface area contributed by atoms with Crippen molar-refractivity contribution in [3.05, 3.63) is 65.2 Å². The molecule has 7 heteroatoms. The summed E-state index contributed by atoms with van der Waals surface area (Å²) in [6.07, 6.45) is 0. The maximum Gasteiger partial charge on any atom is 0.265 e. The van der Waals surface area contributed by atoms with Crippen LogP contribution in [0.3, 0.4) is 0 Å². The molecule has 0 aliphatic heterocycles. The Balaban J connectivity index is 2.31. The van der Waals surface area contributed by atoms with Crippen molar-refractivity contribution >= 4 is 17.5 Å². The van der Waals surface area contributed by atoms with Crippen molar-refractivity contribution < 1.29 is 18.4 Å². The molecule has 0 aliphatic carbocycles. The van der Waals surface area contributed by atoms with Gasteiger partial charge in [0, 0.05) is 23.7 Å². The van der Waals surface area contributed by atoms with E-state index >= 15 is 0 Å². The van der Waals surface area contributed by atoms with Gasteiger partial charge in [-0.2, -0.15) is 0 Å². The molecule has 2 aromatic rings. The van der Waals surface area contributed by atoms with Gasteiger partial charge in [0.25, 0.3) is 5.91 Å². The molecule has 5 nitrogen and oxygen atoms in total. The van der Waals surface area contributed by atoms with Crippen LogP contribution in [0.25, 0.3) is 0 Å². The van der Waals surface area contributed by atoms with Gasteiger partial charge in [-0.1, -0.05) is 12.1 Å². The average molecular weight is 319 g/mol. The van der Waals surface area contributed by atoms with Crippen molar-refractivity contribution in [2.24, 2.45) is 5.84 Å². The molecule has 0 spiro atoms. The summed E-state index contributed by atoms with van der Waals surface area (Å²) < 4.78 is 27.5. The molecule has 0 fully saturated rings. The third kappa shape index (κ3) is 3.89. The number of anilines is 1. The first-order chi connectivity index (χ1) is 10.9. The number of nitrogen functional groups attached to an aromatic ring is 1. The van der Waals surface area contributed by atoms with Crippen molar-refractivity contribution in [3.8, 4) is 0 Å². The second-order valence-electron chi connectivity index (χ2n) is 4.86. The number of carbonyl (C=O) groups excluding carboxylic acids is 2. The fourth-order valence-electron chi connectivity index (χ4n) is 2.10. The molecule has 2 rings (SSSR count). The minimum Gasteiger partial charge on any atom is -0.308 e. The van der Waals surface area contributed by atoms with E-state index in [1.54, 1.807) is 6.07 Å². The predicted molar refractivity (Wildman–Crippen MR) is 81.3 cm³/mol. The van der Waals surface area contributed by atoms with Gasteiger partial charge in [0.05, 0.1) is 6.54 Å². The van der Waals surface area contributed by atoms with Gasteiger partial charge in [-0.05, 0) is 30.3 Å². The second kappa shape index (κ2) is 6.97. The average Bonchev–Trinajstić information content (AvgIpc) is 2.52. The van der Waals surface area contributed by atoms with Crippen molar-refractivity contribution in [1.82, 2.24) is 5.43 Å². The molecule has 0 radical (unpaired) electrons. The standard InChI is InChI=1S/C16H15F2N3O2/c1-10(22)21(14-4-2-3-13(17)8-14)9-12-6-5-11(7-15(12)18)16(23)20-19/h2-8H,9,19H2,1H3,(H,20,23). The van der Waals surface area contributed by atoms with Crippen LogP contribution in [0.1, 0.15) is 22.8 Å². The van der Waals surface area contributed by atoms with E-state index in [0.717, 1.165) is 6.07 Å². The molecule has 0 unspecified atom stereocenters. The van der Waals surface area contributed by atoms with Crippen LogP contribution in [0.5, 0.6) is 0 Å². The van der Waals surface area contributed by atoms with Gasteiger partial charge in [-0.25, -0.2) is 14.6 Å². The van der Waals surface area contributed by atoms with Crippen molar-refractivity contribution in [2.75, 3.05) is 4.90 Å². The third-order valence-electron chi connectivity index (χ3n) is 3.27. The smallest absolute Gasteiger partial charge is 0.265 e. The Hall–Kier alpha value is -2.80. The quantitative estimate of drug-likeness (QED) is 0.515. The molecule has 3 N–H and O–H groups in total. The SMILES string of the molecule is CC(=O)N(Cc1ccc(C(=O)NN)cc1F)c1cccc(F)c1. The van der Waals surface area contributed by atoms with Crippen molar-refractivity contribution in [3.63, 3.8) is 0 Å². The summed E-state index contributed by atoms with van der Waals surface area (Å²) in [5.74, 6) is 2.85. The highest BCUT2D eigenvalue weighted by atomic mass is 19.1. The van der Waals surface area contributed by atoms with E-state index in [0.29, 0.717) is 5.69 Å². The summed E-state index contributed by atoms with van der Waals surface area (Å²) >= 11 is 0. The molecule has 2 aromatic carbocycles. The van der Waals surface area contributed by atoms with Gasteiger partial charge in [0.15, 0.2) is 0 Å². The van der Waals surface area contributed by atoms with Crippen LogP contribution in [0.15, 0.2) is 42.5 Å². The summed E-state index contributed by atoms with van der Waals surface area (Å²) in [6.45, 7) is 1.22. The highest BCUT2D eigenvalue weighted by molar-refractivity contribution is 5.94. The number of carbonyl (C=O) groups is 2. The molecule has 0 saturated heterocycles. The molecule has 0 saturated carbocycles. The van der Waals surface area contributed by atoms with Crippen LogP contribution in [0.2, 0.25) is 0 Å². The fraction of sp³-hybridized carbons (Fsp3) is 0.125. The molecule has 0 aromatic heterocycles. The lowest BCUT2D eigenvalue weighted by Gasteiger charge is -2.21. The molecule has 0 atom stereocenters. The molecule has 23 heavy (non-hydrogen) atoms. The molecular formula is C16H15F2N3O2. The summed E-state index contributed by atoms with van der Waals surface area (Å²) in [6, 6.07) is 9.27. The zero-order chi connectivity index (χ0) is 17.0. The first-order valence-corrected chi connectivity index (χ1v) is 6.75. The first kappa shape index (κ1) is 16.6. The minimum atomic E-state index is -0.659. The van der Waals surface area contributed by atoms with E-state index in [4.69, 9.17) is 5.84 Å². The number of hydrazine groups is 1. The lowest BCUT2D eigenvalue weighted by molar-refractivity contribution is -0.116. The van der Waals surface area contributed by atoms with Crippen molar-refractivity contribution in [2.45, 2.75) is 13.5 Å². The molecular weight excluding hydrogens is 304 g/mol. The molecule has 2 amide bonds. The van der Waals surface area contributed by atoms with Gasteiger partial charge in [-0.3, -0.25) is 15.0 Å². The first-order valence-electron chi connectivity index (χ1n) is 6.75. The normalized spacial score (nSPS) is 10.3. The van der Waals surface area contributed by atoms with Crippen LogP contribution >= 0.6 is 0 Å². The summed E-state index contributed by atoms with van der Waals surface area (Å²) in [7, 11) is 0. The number of nitrogens with zero attached hydrogens (tertiary/aromatic N) is 1. The highest BCUT2D eigenvalue weighted by Crippen LogP contribution is 2.20. The number of nitrogens with two attached hydrogens (primary N) is 1. The molecule has 0 aliphatic rings. The van der Waals surface area contributed by atoms with Gasteiger partial charge in [0.2, 0.25) is 5.91 Å². The summed E-state index contributed by atoms with van der Waals surface area (Å²) in [5.41, 5.74) is 2.48. The Kier molecular flexibility index (Phi) is 5.02. The zero-order valence-corrected chi connectivity index (χ0v) is 12.3. The monoisotopic (exact) mass is 319 g/mol. The van der Waals surface area contributed by atoms with E-state index in [1.807, 2.05) is 5.43 Å². The number of amides is 2. The van der Waals surface area contributed by atoms with E-state index in [-0.39, 0.29) is 23.6 Å². The Bertz CT molecular complexity index is 750. The maximum atomic E-state index is 14.1. The van der Waals surface area contributed by atoms with E-state index in [2.05, 4.69) is 0 Å². The van der Waals surface area contributed by atoms with Gasteiger partial charge in [-0.15, -0.1) is 0 Å². The summed E-state index contributed by atoms with van der Waals surface area (Å²) in [5, 5.41) is 0. The van der Waals surface area contributed by atoms with Crippen LogP contribution in [0, 0.1) is 11.6 Å². The van der Waals surface area contributed by atoms with Crippen LogP contribution in [0.4, 0.5) is 14.5 Å². The Morgan fingerprint density at radius 2 is 1.91 bits per heavy atom. The lowest BCUT2D eigenvalue weighted by Crippen LogP contribution is -2.30. The van der Waals surface area contributed by atoms with E-state index in [9.17, 15) is 18.4 Å². The summed E-state index contributed by atoms with van der Waals surface area (Å²) in [4.78, 5) is 24.4. The number of benzene rings is 2. The predicted octanol–water partition coefficient (Wildman–Crippen LogP) is 2.12. The number of nitrogens with one attached hydrogen (secondary N) is 1. The van der Waals surface area contributed by atoms with Crippen LogP contribution < -0.4 is 16.2 Å². The molecule has 0 bridgehead atoms. The van der Waals surface area contributed by atoms with Crippen LogP contribution in [-0.4, -0.2) is 11.8 Å². The van der Waals surface area contributed by atoms with Gasteiger partial charge < -0.3 is 4.90 Å². The largest absolute Gasteiger partial charge is 0.308 e. The Morgan fingerprint density at radius 3 is 2.48 bits per heavy atom. The number of hydrogen-bond acceptors (Lipinski definition) is 3. The van der Waals surface area contributed by atoms with E-state index in [1.165, 1.54) is 42.2 Å². The minimum absolute atomic E-state index is 0.0638. The number of halogens is 2. The zero-order valence-electron chi connectivity index (χ0n) is 12.3. The highest BCUT2D eigenvalue weighted by Gasteiger charge is 2.16. The molecule has 120 valence electrons. The van der Waals surface area contributed by atoms with E-state index < -0.39 is 17.5 Å². The lowest BCUT2D eigenvalue weighted by atomic mass is 10.1. The number of hydrogen-bond donors (Lipinski definition) is 2. The maximum absolute atomic E-state index is 14.1. The van der Waals surface area contributed by atoms with Gasteiger partial charge >= 0.3 is 0 Å². The fourth-order valence-corrected chi connectivity index (χ4v) is 2.10. The second-order valence-corrected chi connectivity index (χ2v) is 4.86. The topological polar surface area (TPSA) is 75.4 Å². The Morgan fingerprint density at radius 1 is 1.17 bits per heavy atom. The number of rotatable bonds is 4. The van der Waals surface area contributed by atoms with Gasteiger partial charge in [0.1, 0.15) is 11.6 Å². The third-order valence-corrected chi connectivity index (χ3v) is 3.27. The molecule has 0 heterocycles. The Labute approximate surface area is 131 Å². The van der Waals surface area contributed by atoms with Crippen molar-refractivity contribution in [1.29, 1.82) is 0 Å².